The smallest absolute Gasteiger partial charge is 0.263 e. The second-order valence-corrected chi connectivity index (χ2v) is 9.62. The third kappa shape index (κ3) is 4.89. The number of aromatic nitrogens is 2. The maximum absolute atomic E-state index is 13.3. The minimum absolute atomic E-state index is 0.0346. The zero-order valence-corrected chi connectivity index (χ0v) is 17.4. The van der Waals surface area contributed by atoms with Crippen molar-refractivity contribution >= 4 is 31.6 Å². The molecule has 0 saturated carbocycles. The Hall–Kier alpha value is -3.12. The lowest BCUT2D eigenvalue weighted by Gasteiger charge is -2.11. The molecule has 8 nitrogen and oxygen atoms in total. The Balaban J connectivity index is 1.80. The van der Waals surface area contributed by atoms with Gasteiger partial charge in [-0.2, -0.15) is 0 Å². The fourth-order valence-electron chi connectivity index (χ4n) is 2.53. The molecule has 1 heterocycles. The van der Waals surface area contributed by atoms with Gasteiger partial charge < -0.3 is 0 Å². The third-order valence-corrected chi connectivity index (χ3v) is 6.57. The highest BCUT2D eigenvalue weighted by Gasteiger charge is 2.19. The van der Waals surface area contributed by atoms with E-state index in [0.717, 1.165) is 6.07 Å². The highest BCUT2D eigenvalue weighted by molar-refractivity contribution is 7.93. The van der Waals surface area contributed by atoms with E-state index in [1.165, 1.54) is 30.3 Å². The Labute approximate surface area is 172 Å². The zero-order chi connectivity index (χ0) is 22.1. The first-order valence-corrected chi connectivity index (χ1v) is 11.4. The molecule has 30 heavy (non-hydrogen) atoms. The lowest BCUT2D eigenvalue weighted by molar-refractivity contribution is 0.504. The summed E-state index contributed by atoms with van der Waals surface area (Å²) in [6, 6.07) is 8.45. The molecular weight excluding hydrogens is 438 g/mol. The van der Waals surface area contributed by atoms with Gasteiger partial charge in [-0.15, -0.1) is 0 Å². The molecule has 3 aromatic rings. The van der Waals surface area contributed by atoms with E-state index in [4.69, 9.17) is 0 Å². The first-order valence-electron chi connectivity index (χ1n) is 8.39. The molecule has 0 aliphatic rings. The first-order chi connectivity index (χ1) is 14.0. The molecule has 0 bridgehead atoms. The molecule has 0 amide bonds. The molecule has 2 N–H and O–H groups in total. The van der Waals surface area contributed by atoms with Gasteiger partial charge in [0.15, 0.2) is 11.6 Å². The van der Waals surface area contributed by atoms with Crippen LogP contribution in [0.1, 0.15) is 11.5 Å². The van der Waals surface area contributed by atoms with Crippen LogP contribution in [-0.2, 0) is 20.0 Å². The molecule has 0 saturated heterocycles. The Morgan fingerprint density at radius 2 is 1.33 bits per heavy atom. The Morgan fingerprint density at radius 1 is 0.733 bits per heavy atom. The van der Waals surface area contributed by atoms with E-state index in [0.29, 0.717) is 23.7 Å². The van der Waals surface area contributed by atoms with E-state index in [-0.39, 0.29) is 16.4 Å². The predicted molar refractivity (Wildman–Crippen MR) is 106 cm³/mol. The van der Waals surface area contributed by atoms with Gasteiger partial charge in [0.2, 0.25) is 0 Å². The normalized spacial score (nSPS) is 11.9. The van der Waals surface area contributed by atoms with Crippen molar-refractivity contribution in [3.8, 4) is 0 Å². The highest BCUT2D eigenvalue weighted by Crippen LogP contribution is 2.21. The number of nitrogens with one attached hydrogen (secondary N) is 2. The molecule has 158 valence electrons. The Morgan fingerprint density at radius 3 is 1.93 bits per heavy atom. The predicted octanol–water partition coefficient (Wildman–Crippen LogP) is 2.97. The van der Waals surface area contributed by atoms with Crippen LogP contribution in [0, 0.1) is 25.5 Å². The molecule has 0 atom stereocenters. The summed E-state index contributed by atoms with van der Waals surface area (Å²) < 4.78 is 80.5. The highest BCUT2D eigenvalue weighted by atomic mass is 32.2. The fraction of sp³-hybridized carbons (Fsp3) is 0.111. The molecule has 0 unspecified atom stereocenters. The van der Waals surface area contributed by atoms with Gasteiger partial charge in [0, 0.05) is 17.4 Å². The fourth-order valence-corrected chi connectivity index (χ4v) is 4.59. The van der Waals surface area contributed by atoms with Gasteiger partial charge in [-0.3, -0.25) is 9.44 Å². The Bertz CT molecular complexity index is 1290. The van der Waals surface area contributed by atoms with Crippen LogP contribution in [0.5, 0.6) is 0 Å². The topological polar surface area (TPSA) is 118 Å². The minimum atomic E-state index is -4.20. The number of sulfonamides is 2. The van der Waals surface area contributed by atoms with Crippen LogP contribution in [-0.4, -0.2) is 26.8 Å². The van der Waals surface area contributed by atoms with Gasteiger partial charge in [-0.05, 0) is 56.3 Å². The maximum Gasteiger partial charge on any atom is 0.263 e. The quantitative estimate of drug-likeness (QED) is 0.591. The first kappa shape index (κ1) is 21.6. The van der Waals surface area contributed by atoms with Gasteiger partial charge in [0.25, 0.3) is 20.0 Å². The second-order valence-electron chi connectivity index (χ2n) is 6.25. The number of nitrogens with zero attached hydrogens (tertiary/aromatic N) is 2. The molecule has 3 rings (SSSR count). The third-order valence-electron chi connectivity index (χ3n) is 3.82. The zero-order valence-electron chi connectivity index (χ0n) is 15.7. The van der Waals surface area contributed by atoms with Gasteiger partial charge in [-0.1, -0.05) is 0 Å². The largest absolute Gasteiger partial charge is 0.280 e. The number of rotatable bonds is 6. The van der Waals surface area contributed by atoms with Crippen LogP contribution < -0.4 is 9.44 Å². The standard InChI is InChI=1S/C18H16F2N4O4S2/c1-11-9-18(22-12(2)21-11)24-29(25,26)14-5-3-13(4-6-14)23-30(27,28)15-7-8-16(19)17(20)10-15/h3-10,23H,1-2H3,(H,21,22,24). The van der Waals surface area contributed by atoms with E-state index in [1.54, 1.807) is 13.8 Å². The summed E-state index contributed by atoms with van der Waals surface area (Å²) in [7, 11) is -8.18. The number of hydrogen-bond acceptors (Lipinski definition) is 6. The van der Waals surface area contributed by atoms with Crippen molar-refractivity contribution in [1.29, 1.82) is 0 Å². The number of halogens is 2. The van der Waals surface area contributed by atoms with E-state index < -0.39 is 36.6 Å². The molecule has 0 fully saturated rings. The summed E-state index contributed by atoms with van der Waals surface area (Å²) in [5, 5.41) is 0. The number of benzene rings is 2. The average molecular weight is 454 g/mol. The van der Waals surface area contributed by atoms with E-state index in [2.05, 4.69) is 19.4 Å². The maximum atomic E-state index is 13.3. The van der Waals surface area contributed by atoms with Crippen LogP contribution >= 0.6 is 0 Å². The van der Waals surface area contributed by atoms with Crippen molar-refractivity contribution in [2.24, 2.45) is 0 Å². The van der Waals surface area contributed by atoms with Crippen LogP contribution in [0.15, 0.2) is 58.3 Å². The van der Waals surface area contributed by atoms with Crippen molar-refractivity contribution in [3.05, 3.63) is 71.7 Å². The molecule has 0 aliphatic carbocycles. The Kier molecular flexibility index (Phi) is 5.72. The molecule has 0 spiro atoms. The number of aryl methyl sites for hydroxylation is 2. The molecular formula is C18H16F2N4O4S2. The van der Waals surface area contributed by atoms with Crippen molar-refractivity contribution < 1.29 is 25.6 Å². The van der Waals surface area contributed by atoms with Crippen molar-refractivity contribution in [1.82, 2.24) is 9.97 Å². The van der Waals surface area contributed by atoms with Crippen LogP contribution in [0.3, 0.4) is 0 Å². The van der Waals surface area contributed by atoms with E-state index >= 15 is 0 Å². The summed E-state index contributed by atoms with van der Waals surface area (Å²) in [5.74, 6) is -1.98. The van der Waals surface area contributed by atoms with Gasteiger partial charge >= 0.3 is 0 Å². The second kappa shape index (κ2) is 7.95. The molecule has 12 heteroatoms. The van der Waals surface area contributed by atoms with Crippen LogP contribution in [0.4, 0.5) is 20.3 Å². The lowest BCUT2D eigenvalue weighted by atomic mass is 10.3. The molecule has 2 aromatic carbocycles. The monoisotopic (exact) mass is 454 g/mol. The van der Waals surface area contributed by atoms with Gasteiger partial charge in [-0.25, -0.2) is 35.6 Å². The molecule has 1 aromatic heterocycles. The van der Waals surface area contributed by atoms with Crippen LogP contribution in [0.25, 0.3) is 0 Å². The number of anilines is 2. The SMILES string of the molecule is Cc1cc(NS(=O)(=O)c2ccc(NS(=O)(=O)c3ccc(F)c(F)c3)cc2)nc(C)n1. The average Bonchev–Trinajstić information content (AvgIpc) is 2.62. The van der Waals surface area contributed by atoms with E-state index in [1.807, 2.05) is 0 Å². The van der Waals surface area contributed by atoms with Crippen molar-refractivity contribution in [3.63, 3.8) is 0 Å². The van der Waals surface area contributed by atoms with Gasteiger partial charge in [0.1, 0.15) is 11.6 Å². The van der Waals surface area contributed by atoms with Gasteiger partial charge in [0.05, 0.1) is 9.79 Å². The summed E-state index contributed by atoms with van der Waals surface area (Å²) in [5.41, 5.74) is 0.620. The minimum Gasteiger partial charge on any atom is -0.280 e. The summed E-state index contributed by atoms with van der Waals surface area (Å²) in [4.78, 5) is 7.46. The van der Waals surface area contributed by atoms with E-state index in [9.17, 15) is 25.6 Å². The number of hydrogen-bond donors (Lipinski definition) is 2. The summed E-state index contributed by atoms with van der Waals surface area (Å²) in [6.45, 7) is 3.32. The summed E-state index contributed by atoms with van der Waals surface area (Å²) in [6.07, 6.45) is 0. The van der Waals surface area contributed by atoms with Crippen molar-refractivity contribution in [2.45, 2.75) is 23.6 Å². The molecule has 0 radical (unpaired) electrons. The molecule has 0 aliphatic heterocycles. The van der Waals surface area contributed by atoms with Crippen LogP contribution in [0.2, 0.25) is 0 Å². The lowest BCUT2D eigenvalue weighted by Crippen LogP contribution is -2.16. The summed E-state index contributed by atoms with van der Waals surface area (Å²) >= 11 is 0. The van der Waals surface area contributed by atoms with Crippen molar-refractivity contribution in [2.75, 3.05) is 9.44 Å².